The van der Waals surface area contributed by atoms with Gasteiger partial charge < -0.3 is 9.80 Å². The Morgan fingerprint density at radius 2 is 0.627 bits per heavy atom. The Morgan fingerprint density at radius 3 is 1.10 bits per heavy atom. The molecule has 11 aromatic carbocycles. The highest BCUT2D eigenvalue weighted by molar-refractivity contribution is 6.11. The molecule has 0 aliphatic heterocycles. The Kier molecular flexibility index (Phi) is 10.1. The van der Waals surface area contributed by atoms with E-state index in [1.165, 1.54) is 66.4 Å². The normalized spacial score (nSPS) is 12.3. The van der Waals surface area contributed by atoms with E-state index >= 15 is 0 Å². The van der Waals surface area contributed by atoms with E-state index in [0.717, 1.165) is 34.1 Å². The van der Waals surface area contributed by atoms with E-state index in [1.807, 2.05) is 0 Å². The van der Waals surface area contributed by atoms with Crippen molar-refractivity contribution >= 4 is 44.9 Å². The highest BCUT2D eigenvalue weighted by atomic mass is 15.1. The smallest absolute Gasteiger partial charge is 0.0715 e. The second-order valence-corrected chi connectivity index (χ2v) is 17.2. The van der Waals surface area contributed by atoms with E-state index in [0.29, 0.717) is 0 Å². The van der Waals surface area contributed by atoms with Crippen LogP contribution in [0, 0.1) is 0 Å². The van der Waals surface area contributed by atoms with E-state index in [4.69, 9.17) is 0 Å². The number of rotatable bonds is 10. The molecule has 0 aromatic heterocycles. The zero-order valence-corrected chi connectivity index (χ0v) is 37.0. The monoisotopic (exact) mass is 854 g/mol. The van der Waals surface area contributed by atoms with Crippen molar-refractivity contribution in [3.8, 4) is 33.4 Å². The van der Waals surface area contributed by atoms with Crippen LogP contribution in [0.4, 0.5) is 34.1 Å². The van der Waals surface area contributed by atoms with Crippen LogP contribution < -0.4 is 9.80 Å². The summed E-state index contributed by atoms with van der Waals surface area (Å²) in [7, 11) is 0. The predicted octanol–water partition coefficient (Wildman–Crippen LogP) is 17.5. The molecule has 1 aliphatic rings. The summed E-state index contributed by atoms with van der Waals surface area (Å²) in [5, 5.41) is 2.42. The number of benzene rings is 11. The van der Waals surface area contributed by atoms with Gasteiger partial charge in [-0.05, 0) is 128 Å². The molecule has 0 spiro atoms. The molecule has 0 bridgehead atoms. The van der Waals surface area contributed by atoms with Gasteiger partial charge in [0.1, 0.15) is 0 Å². The van der Waals surface area contributed by atoms with Gasteiger partial charge in [-0.15, -0.1) is 0 Å². The topological polar surface area (TPSA) is 6.48 Å². The van der Waals surface area contributed by atoms with Crippen molar-refractivity contribution in [2.24, 2.45) is 0 Å². The Balaban J connectivity index is 1.13. The van der Waals surface area contributed by atoms with Gasteiger partial charge in [0.15, 0.2) is 0 Å². The third-order valence-corrected chi connectivity index (χ3v) is 13.5. The van der Waals surface area contributed by atoms with Crippen LogP contribution in [-0.4, -0.2) is 0 Å². The van der Waals surface area contributed by atoms with Crippen molar-refractivity contribution in [1.82, 2.24) is 0 Å². The first-order valence-corrected chi connectivity index (χ1v) is 23.1. The minimum Gasteiger partial charge on any atom is -0.310 e. The maximum Gasteiger partial charge on any atom is 0.0715 e. The third kappa shape index (κ3) is 6.90. The number of anilines is 6. The highest BCUT2D eigenvalue weighted by Gasteiger charge is 2.48. The fourth-order valence-corrected chi connectivity index (χ4v) is 10.5. The second kappa shape index (κ2) is 17.0. The lowest BCUT2D eigenvalue weighted by molar-refractivity contribution is 0.769. The predicted molar refractivity (Wildman–Crippen MR) is 281 cm³/mol. The van der Waals surface area contributed by atoms with Gasteiger partial charge in [0.2, 0.25) is 0 Å². The van der Waals surface area contributed by atoms with Crippen LogP contribution in [0.3, 0.4) is 0 Å². The molecule has 0 saturated heterocycles. The van der Waals surface area contributed by atoms with Crippen molar-refractivity contribution in [2.75, 3.05) is 9.80 Å². The summed E-state index contributed by atoms with van der Waals surface area (Å²) >= 11 is 0. The van der Waals surface area contributed by atoms with Gasteiger partial charge in [-0.25, -0.2) is 0 Å². The Labute approximate surface area is 393 Å². The van der Waals surface area contributed by atoms with Gasteiger partial charge >= 0.3 is 0 Å². The summed E-state index contributed by atoms with van der Waals surface area (Å²) in [4.78, 5) is 4.85. The van der Waals surface area contributed by atoms with Crippen molar-refractivity contribution in [3.05, 3.63) is 301 Å². The molecule has 0 radical (unpaired) electrons. The molecule has 2 nitrogen and oxygen atoms in total. The van der Waals surface area contributed by atoms with E-state index < -0.39 is 5.41 Å². The molecule has 1 aliphatic carbocycles. The SMILES string of the molecule is c1ccc(-c2ccc(N(c3ccc(-c4ccccc4)cc3)c3ccc4c(c3)C(c3ccccc3)(c3ccccc3)c3cc(N(c5ccccc5)c5ccccc5)c5ccccc5c3-4)cc2)cc1. The fraction of sp³-hybridized carbons (Fsp3) is 0.0154. The lowest BCUT2D eigenvalue weighted by Crippen LogP contribution is -2.29. The maximum absolute atomic E-state index is 2.50. The van der Waals surface area contributed by atoms with Gasteiger partial charge in [0, 0.05) is 33.8 Å². The quantitative estimate of drug-likeness (QED) is 0.135. The summed E-state index contributed by atoms with van der Waals surface area (Å²) in [6.45, 7) is 0. The molecule has 0 atom stereocenters. The first kappa shape index (κ1) is 39.8. The van der Waals surface area contributed by atoms with Crippen LogP contribution in [0.1, 0.15) is 22.3 Å². The van der Waals surface area contributed by atoms with Crippen molar-refractivity contribution in [3.63, 3.8) is 0 Å². The number of para-hydroxylation sites is 2. The molecule has 0 heterocycles. The summed E-state index contributed by atoms with van der Waals surface area (Å²) in [5.74, 6) is 0. The Hall–Kier alpha value is -8.72. The van der Waals surface area contributed by atoms with Crippen LogP contribution in [0.2, 0.25) is 0 Å². The van der Waals surface area contributed by atoms with Gasteiger partial charge in [0.25, 0.3) is 0 Å². The Morgan fingerprint density at radius 1 is 0.254 bits per heavy atom. The van der Waals surface area contributed by atoms with Crippen molar-refractivity contribution in [2.45, 2.75) is 5.41 Å². The molecule has 0 unspecified atom stereocenters. The molecule has 11 aromatic rings. The first-order valence-electron chi connectivity index (χ1n) is 23.1. The molecule has 67 heavy (non-hydrogen) atoms. The largest absolute Gasteiger partial charge is 0.310 e. The minimum absolute atomic E-state index is 0.680. The summed E-state index contributed by atoms with van der Waals surface area (Å²) in [6.07, 6.45) is 0. The number of hydrogen-bond donors (Lipinski definition) is 0. The molecule has 0 fully saturated rings. The van der Waals surface area contributed by atoms with E-state index in [-0.39, 0.29) is 0 Å². The van der Waals surface area contributed by atoms with Crippen LogP contribution in [-0.2, 0) is 5.41 Å². The molecule has 316 valence electrons. The van der Waals surface area contributed by atoms with Gasteiger partial charge in [-0.3, -0.25) is 0 Å². The Bertz CT molecular complexity index is 3300. The molecule has 0 saturated carbocycles. The lowest BCUT2D eigenvalue weighted by Gasteiger charge is -2.36. The van der Waals surface area contributed by atoms with Gasteiger partial charge in [0.05, 0.1) is 11.1 Å². The highest BCUT2D eigenvalue weighted by Crippen LogP contribution is 2.60. The summed E-state index contributed by atoms with van der Waals surface area (Å²) < 4.78 is 0. The molecular weight excluding hydrogens is 809 g/mol. The third-order valence-electron chi connectivity index (χ3n) is 13.5. The fourth-order valence-electron chi connectivity index (χ4n) is 10.5. The van der Waals surface area contributed by atoms with Crippen LogP contribution in [0.15, 0.2) is 279 Å². The van der Waals surface area contributed by atoms with Gasteiger partial charge in [-0.2, -0.15) is 0 Å². The summed E-state index contributed by atoms with van der Waals surface area (Å²) in [5.41, 5.74) is 18.1. The van der Waals surface area contributed by atoms with E-state index in [2.05, 4.69) is 289 Å². The van der Waals surface area contributed by atoms with Crippen LogP contribution >= 0.6 is 0 Å². The maximum atomic E-state index is 2.50. The van der Waals surface area contributed by atoms with Crippen molar-refractivity contribution in [1.29, 1.82) is 0 Å². The number of hydrogen-bond acceptors (Lipinski definition) is 2. The van der Waals surface area contributed by atoms with E-state index in [1.54, 1.807) is 0 Å². The molecule has 12 rings (SSSR count). The van der Waals surface area contributed by atoms with Gasteiger partial charge in [-0.1, -0.05) is 212 Å². The molecular formula is C65H46N2. The average Bonchev–Trinajstić information content (AvgIpc) is 3.71. The first-order chi connectivity index (χ1) is 33.3. The lowest BCUT2D eigenvalue weighted by atomic mass is 9.67. The molecule has 2 heteroatoms. The van der Waals surface area contributed by atoms with E-state index in [9.17, 15) is 0 Å². The zero-order valence-electron chi connectivity index (χ0n) is 37.0. The second-order valence-electron chi connectivity index (χ2n) is 17.2. The molecule has 0 N–H and O–H groups in total. The average molecular weight is 855 g/mol. The van der Waals surface area contributed by atoms with Crippen LogP contribution in [0.25, 0.3) is 44.2 Å². The summed E-state index contributed by atoms with van der Waals surface area (Å²) in [6, 6.07) is 102. The zero-order chi connectivity index (χ0) is 44.6. The number of nitrogens with zero attached hydrogens (tertiary/aromatic N) is 2. The standard InChI is InChI=1S/C65H46N2/c1-7-21-47(22-8-1)49-35-39-55(40-36-49)66(56-41-37-50(38-42-56)48-23-9-2-10-24-48)57-43-44-60-61(45-57)65(51-25-11-3-12-26-51,52-27-13-4-14-28-52)62-46-63(58-33-19-20-34-59(58)64(60)62)67(53-29-15-5-16-30-53)54-31-17-6-18-32-54/h1-46H. The number of fused-ring (bicyclic) bond motifs is 5. The minimum atomic E-state index is -0.680. The van der Waals surface area contributed by atoms with Crippen molar-refractivity contribution < 1.29 is 0 Å². The van der Waals surface area contributed by atoms with Crippen LogP contribution in [0.5, 0.6) is 0 Å². The molecule has 0 amide bonds.